The summed E-state index contributed by atoms with van der Waals surface area (Å²) in [6.45, 7) is 6.88. The molecule has 1 N–H and O–H groups in total. The number of hydrogen-bond donors (Lipinski definition) is 1. The Hall–Kier alpha value is -1.85. The third kappa shape index (κ3) is 2.69. The molecule has 0 aliphatic carbocycles. The minimum absolute atomic E-state index is 0.0370. The summed E-state index contributed by atoms with van der Waals surface area (Å²) in [6, 6.07) is -0.368. The van der Waals surface area contributed by atoms with E-state index in [-0.39, 0.29) is 17.9 Å². The molecule has 0 bridgehead atoms. The summed E-state index contributed by atoms with van der Waals surface area (Å²) in [5.74, 6) is -0.0339. The average Bonchev–Trinajstić information content (AvgIpc) is 2.64. The summed E-state index contributed by atoms with van der Waals surface area (Å²) in [7, 11) is 1.91. The number of hydrogen-bond acceptors (Lipinski definition) is 3. The van der Waals surface area contributed by atoms with Crippen molar-refractivity contribution in [3.8, 4) is 0 Å². The molecule has 0 aromatic carbocycles. The minimum Gasteiger partial charge on any atom is -0.353 e. The van der Waals surface area contributed by atoms with Crippen LogP contribution in [0.15, 0.2) is 0 Å². The Morgan fingerprint density at radius 2 is 2.15 bits per heavy atom. The second-order valence-electron chi connectivity index (χ2n) is 5.33. The van der Waals surface area contributed by atoms with Gasteiger partial charge in [0.2, 0.25) is 11.8 Å². The highest BCUT2D eigenvalue weighted by Crippen LogP contribution is 2.15. The molecule has 110 valence electrons. The fourth-order valence-corrected chi connectivity index (χ4v) is 2.68. The lowest BCUT2D eigenvalue weighted by atomic mass is 10.1. The van der Waals surface area contributed by atoms with E-state index in [4.69, 9.17) is 0 Å². The van der Waals surface area contributed by atoms with Crippen LogP contribution in [0, 0.1) is 13.8 Å². The second-order valence-corrected chi connectivity index (χ2v) is 5.33. The molecule has 2 heterocycles. The van der Waals surface area contributed by atoms with Gasteiger partial charge in [0.1, 0.15) is 6.04 Å². The van der Waals surface area contributed by atoms with Crippen LogP contribution in [0.5, 0.6) is 0 Å². The highest BCUT2D eigenvalue weighted by Gasteiger charge is 2.29. The van der Waals surface area contributed by atoms with Gasteiger partial charge in [-0.15, -0.1) is 0 Å². The van der Waals surface area contributed by atoms with E-state index in [9.17, 15) is 9.59 Å². The summed E-state index contributed by atoms with van der Waals surface area (Å²) < 4.78 is 1.84. The molecule has 1 aliphatic heterocycles. The number of nitrogens with zero attached hydrogens (tertiary/aromatic N) is 3. The van der Waals surface area contributed by atoms with Crippen molar-refractivity contribution in [3.05, 3.63) is 17.0 Å². The number of nitrogens with one attached hydrogen (secondary N) is 1. The third-order valence-electron chi connectivity index (χ3n) is 4.07. The number of carbonyl (C=O) groups is 2. The number of carbonyl (C=O) groups excluding carboxylic acids is 2. The maximum atomic E-state index is 12.3. The van der Waals surface area contributed by atoms with Gasteiger partial charge in [-0.2, -0.15) is 5.10 Å². The highest BCUT2D eigenvalue weighted by atomic mass is 16.2. The zero-order valence-electron chi connectivity index (χ0n) is 12.6. The lowest BCUT2D eigenvalue weighted by Crippen LogP contribution is -2.55. The molecule has 1 atom stereocenters. The predicted molar refractivity (Wildman–Crippen MR) is 75.2 cm³/mol. The normalized spacial score (nSPS) is 19.1. The molecule has 1 aromatic rings. The Bertz CT molecular complexity index is 536. The molecule has 1 saturated heterocycles. The van der Waals surface area contributed by atoms with E-state index in [1.54, 1.807) is 11.8 Å². The van der Waals surface area contributed by atoms with Crippen LogP contribution in [0.3, 0.4) is 0 Å². The smallest absolute Gasteiger partial charge is 0.242 e. The van der Waals surface area contributed by atoms with Crippen LogP contribution in [0.25, 0.3) is 0 Å². The molecule has 1 aliphatic rings. The van der Waals surface area contributed by atoms with Crippen molar-refractivity contribution >= 4 is 11.8 Å². The lowest BCUT2D eigenvalue weighted by molar-refractivity contribution is -0.142. The zero-order chi connectivity index (χ0) is 14.9. The molecule has 20 heavy (non-hydrogen) atoms. The van der Waals surface area contributed by atoms with E-state index in [0.29, 0.717) is 25.9 Å². The first-order chi connectivity index (χ1) is 9.41. The Morgan fingerprint density at radius 3 is 2.75 bits per heavy atom. The van der Waals surface area contributed by atoms with Crippen LogP contribution >= 0.6 is 0 Å². The Balaban J connectivity index is 2.00. The van der Waals surface area contributed by atoms with Crippen molar-refractivity contribution in [2.45, 2.75) is 39.7 Å². The van der Waals surface area contributed by atoms with Crippen LogP contribution in [0.1, 0.15) is 30.3 Å². The first kappa shape index (κ1) is 14.6. The van der Waals surface area contributed by atoms with Gasteiger partial charge in [0, 0.05) is 32.3 Å². The molecule has 6 nitrogen and oxygen atoms in total. The molecular weight excluding hydrogens is 256 g/mol. The predicted octanol–water partition coefficient (Wildman–Crippen LogP) is 0.316. The molecule has 1 unspecified atom stereocenters. The van der Waals surface area contributed by atoms with E-state index < -0.39 is 0 Å². The van der Waals surface area contributed by atoms with Gasteiger partial charge in [0.05, 0.1) is 5.69 Å². The van der Waals surface area contributed by atoms with Crippen molar-refractivity contribution in [2.24, 2.45) is 7.05 Å². The van der Waals surface area contributed by atoms with E-state index >= 15 is 0 Å². The van der Waals surface area contributed by atoms with E-state index in [1.165, 1.54) is 0 Å². The van der Waals surface area contributed by atoms with Crippen molar-refractivity contribution in [1.29, 1.82) is 0 Å². The summed E-state index contributed by atoms with van der Waals surface area (Å²) in [5, 5.41) is 7.12. The maximum absolute atomic E-state index is 12.3. The molecule has 0 saturated carbocycles. The third-order valence-corrected chi connectivity index (χ3v) is 4.07. The average molecular weight is 278 g/mol. The first-order valence-corrected chi connectivity index (χ1v) is 6.98. The number of aromatic nitrogens is 2. The summed E-state index contributed by atoms with van der Waals surface area (Å²) in [5.41, 5.74) is 3.21. The Kier molecular flexibility index (Phi) is 4.11. The standard InChI is InChI=1S/C14H22N4O2/c1-9-12(10(2)17(4)16-9)5-6-13(19)18-8-7-15-14(20)11(18)3/h11H,5-8H2,1-4H3,(H,15,20). The van der Waals surface area contributed by atoms with Gasteiger partial charge in [-0.1, -0.05) is 0 Å². The van der Waals surface area contributed by atoms with Crippen LogP contribution in [-0.4, -0.2) is 45.6 Å². The largest absolute Gasteiger partial charge is 0.353 e. The Labute approximate surface area is 119 Å². The summed E-state index contributed by atoms with van der Waals surface area (Å²) >= 11 is 0. The highest BCUT2D eigenvalue weighted by molar-refractivity contribution is 5.88. The zero-order valence-corrected chi connectivity index (χ0v) is 12.6. The fourth-order valence-electron chi connectivity index (χ4n) is 2.68. The molecule has 0 spiro atoms. The molecule has 2 amide bonds. The van der Waals surface area contributed by atoms with Gasteiger partial charge in [0.25, 0.3) is 0 Å². The van der Waals surface area contributed by atoms with Crippen molar-refractivity contribution in [2.75, 3.05) is 13.1 Å². The number of piperazine rings is 1. The maximum Gasteiger partial charge on any atom is 0.242 e. The molecule has 0 radical (unpaired) electrons. The van der Waals surface area contributed by atoms with E-state index in [0.717, 1.165) is 17.0 Å². The van der Waals surface area contributed by atoms with E-state index in [1.807, 2.05) is 25.6 Å². The number of aryl methyl sites for hydroxylation is 2. The topological polar surface area (TPSA) is 67.2 Å². The van der Waals surface area contributed by atoms with Crippen LogP contribution in [0.4, 0.5) is 0 Å². The van der Waals surface area contributed by atoms with Gasteiger partial charge in [0.15, 0.2) is 0 Å². The van der Waals surface area contributed by atoms with Crippen molar-refractivity contribution in [1.82, 2.24) is 20.0 Å². The van der Waals surface area contributed by atoms with Gasteiger partial charge in [-0.05, 0) is 32.8 Å². The molecule has 1 aromatic heterocycles. The second kappa shape index (κ2) is 5.64. The van der Waals surface area contributed by atoms with Gasteiger partial charge < -0.3 is 10.2 Å². The lowest BCUT2D eigenvalue weighted by Gasteiger charge is -2.32. The number of rotatable bonds is 3. The van der Waals surface area contributed by atoms with E-state index in [2.05, 4.69) is 10.4 Å². The Morgan fingerprint density at radius 1 is 1.45 bits per heavy atom. The molecular formula is C14H22N4O2. The van der Waals surface area contributed by atoms with Gasteiger partial charge in [-0.3, -0.25) is 14.3 Å². The SMILES string of the molecule is Cc1nn(C)c(C)c1CCC(=O)N1CCNC(=O)C1C. The number of amides is 2. The van der Waals surface area contributed by atoms with Crippen LogP contribution < -0.4 is 5.32 Å². The first-order valence-electron chi connectivity index (χ1n) is 6.98. The van der Waals surface area contributed by atoms with Crippen LogP contribution in [-0.2, 0) is 23.1 Å². The van der Waals surface area contributed by atoms with Gasteiger partial charge >= 0.3 is 0 Å². The minimum atomic E-state index is -0.368. The van der Waals surface area contributed by atoms with Crippen molar-refractivity contribution < 1.29 is 9.59 Å². The fraction of sp³-hybridized carbons (Fsp3) is 0.643. The van der Waals surface area contributed by atoms with Crippen molar-refractivity contribution in [3.63, 3.8) is 0 Å². The molecule has 6 heteroatoms. The molecule has 1 fully saturated rings. The monoisotopic (exact) mass is 278 g/mol. The summed E-state index contributed by atoms with van der Waals surface area (Å²) in [4.78, 5) is 25.5. The summed E-state index contributed by atoms with van der Waals surface area (Å²) in [6.07, 6.45) is 1.10. The molecule has 2 rings (SSSR count). The van der Waals surface area contributed by atoms with Crippen LogP contribution in [0.2, 0.25) is 0 Å². The van der Waals surface area contributed by atoms with Gasteiger partial charge in [-0.25, -0.2) is 0 Å². The quantitative estimate of drug-likeness (QED) is 0.865.